The standard InChI is InChI=1S/C20H18N4O4/c1-12-17(16-8-3-4-9-22-16)18(14-6-5-7-15(10-14)24(27)28)20(11-21,19(25)26)13(2)23-12/h3-10,13,18,23H,1-2H3,(H,25,26). The van der Waals surface area contributed by atoms with Crippen molar-refractivity contribution >= 4 is 17.2 Å². The van der Waals surface area contributed by atoms with E-state index in [1.165, 1.54) is 18.2 Å². The number of aliphatic carboxylic acids is 1. The lowest BCUT2D eigenvalue weighted by Crippen LogP contribution is -2.54. The summed E-state index contributed by atoms with van der Waals surface area (Å²) < 4.78 is 0. The lowest BCUT2D eigenvalue weighted by atomic mass is 9.62. The molecule has 3 atom stereocenters. The normalized spacial score (nSPS) is 24.2. The number of hydrogen-bond acceptors (Lipinski definition) is 6. The van der Waals surface area contributed by atoms with Crippen molar-refractivity contribution in [2.75, 3.05) is 0 Å². The topological polar surface area (TPSA) is 129 Å². The summed E-state index contributed by atoms with van der Waals surface area (Å²) in [5.74, 6) is -2.24. The molecule has 1 aliphatic heterocycles. The first-order valence-corrected chi connectivity index (χ1v) is 8.60. The molecular weight excluding hydrogens is 360 g/mol. The van der Waals surface area contributed by atoms with Gasteiger partial charge in [-0.05, 0) is 31.5 Å². The zero-order chi connectivity index (χ0) is 20.5. The van der Waals surface area contributed by atoms with Gasteiger partial charge in [0, 0.05) is 35.5 Å². The van der Waals surface area contributed by atoms with Gasteiger partial charge in [-0.3, -0.25) is 19.9 Å². The smallest absolute Gasteiger partial charge is 0.327 e. The van der Waals surface area contributed by atoms with Crippen molar-refractivity contribution in [1.29, 1.82) is 5.26 Å². The Morgan fingerprint density at radius 1 is 1.36 bits per heavy atom. The average Bonchev–Trinajstić information content (AvgIpc) is 2.68. The highest BCUT2D eigenvalue weighted by molar-refractivity contribution is 5.88. The van der Waals surface area contributed by atoms with E-state index >= 15 is 0 Å². The molecule has 3 rings (SSSR count). The molecule has 0 saturated heterocycles. The Bertz CT molecular complexity index is 1010. The first kappa shape index (κ1) is 19.0. The number of benzene rings is 1. The molecule has 1 aliphatic rings. The number of carboxylic acid groups (broad SMARTS) is 1. The van der Waals surface area contributed by atoms with Crippen LogP contribution in [0.2, 0.25) is 0 Å². The molecule has 1 aromatic carbocycles. The van der Waals surface area contributed by atoms with Crippen LogP contribution in [0.5, 0.6) is 0 Å². The monoisotopic (exact) mass is 378 g/mol. The van der Waals surface area contributed by atoms with Crippen LogP contribution >= 0.6 is 0 Å². The number of rotatable bonds is 4. The molecule has 8 heteroatoms. The molecule has 2 heterocycles. The second-order valence-corrected chi connectivity index (χ2v) is 6.69. The third-order valence-electron chi connectivity index (χ3n) is 5.16. The number of nitrogens with zero attached hydrogens (tertiary/aromatic N) is 3. The maximum Gasteiger partial charge on any atom is 0.327 e. The molecule has 1 aromatic heterocycles. The van der Waals surface area contributed by atoms with E-state index in [2.05, 4.69) is 10.3 Å². The molecule has 0 spiro atoms. The maximum atomic E-state index is 12.4. The summed E-state index contributed by atoms with van der Waals surface area (Å²) in [5.41, 5.74) is 0.0573. The SMILES string of the molecule is CC1=C(c2ccccn2)C(c2cccc([N+](=O)[O-])c2)C(C#N)(C(=O)O)C(C)N1. The number of aromatic nitrogens is 1. The number of hydrogen-bond donors (Lipinski definition) is 2. The average molecular weight is 378 g/mol. The van der Waals surface area contributed by atoms with Crippen LogP contribution in [0, 0.1) is 26.9 Å². The maximum absolute atomic E-state index is 12.4. The van der Waals surface area contributed by atoms with Gasteiger partial charge < -0.3 is 10.4 Å². The molecule has 0 aliphatic carbocycles. The molecule has 0 amide bonds. The summed E-state index contributed by atoms with van der Waals surface area (Å²) in [4.78, 5) is 27.4. The van der Waals surface area contributed by atoms with Gasteiger partial charge in [0.1, 0.15) is 0 Å². The number of nitro benzene ring substituents is 1. The van der Waals surface area contributed by atoms with E-state index in [4.69, 9.17) is 0 Å². The van der Waals surface area contributed by atoms with Crippen molar-refractivity contribution in [3.63, 3.8) is 0 Å². The zero-order valence-corrected chi connectivity index (χ0v) is 15.3. The van der Waals surface area contributed by atoms with Gasteiger partial charge in [0.15, 0.2) is 5.41 Å². The van der Waals surface area contributed by atoms with Gasteiger partial charge in [0.2, 0.25) is 0 Å². The van der Waals surface area contributed by atoms with Crippen molar-refractivity contribution < 1.29 is 14.8 Å². The van der Waals surface area contributed by atoms with Crippen LogP contribution in [0.1, 0.15) is 31.0 Å². The van der Waals surface area contributed by atoms with E-state index in [-0.39, 0.29) is 5.69 Å². The molecule has 0 bridgehead atoms. The Balaban J connectivity index is 2.36. The molecule has 0 radical (unpaired) electrons. The summed E-state index contributed by atoms with van der Waals surface area (Å²) in [6.45, 7) is 3.41. The zero-order valence-electron chi connectivity index (χ0n) is 15.3. The molecule has 28 heavy (non-hydrogen) atoms. The van der Waals surface area contributed by atoms with Crippen molar-refractivity contribution in [2.45, 2.75) is 25.8 Å². The van der Waals surface area contributed by atoms with E-state index < -0.39 is 28.3 Å². The first-order valence-electron chi connectivity index (χ1n) is 8.60. The van der Waals surface area contributed by atoms with Gasteiger partial charge in [0.25, 0.3) is 5.69 Å². The van der Waals surface area contributed by atoms with Crippen molar-refractivity contribution in [3.8, 4) is 6.07 Å². The van der Waals surface area contributed by atoms with Crippen LogP contribution in [0.4, 0.5) is 5.69 Å². The Morgan fingerprint density at radius 3 is 2.68 bits per heavy atom. The van der Waals surface area contributed by atoms with Gasteiger partial charge in [-0.25, -0.2) is 0 Å². The molecule has 2 N–H and O–H groups in total. The van der Waals surface area contributed by atoms with Crippen molar-refractivity contribution in [2.24, 2.45) is 5.41 Å². The van der Waals surface area contributed by atoms with Crippen LogP contribution in [-0.2, 0) is 4.79 Å². The molecule has 142 valence electrons. The summed E-state index contributed by atoms with van der Waals surface area (Å²) in [5, 5.41) is 34.4. The van der Waals surface area contributed by atoms with E-state index in [1.54, 1.807) is 44.3 Å². The highest BCUT2D eigenvalue weighted by atomic mass is 16.6. The molecule has 2 aromatic rings. The first-order chi connectivity index (χ1) is 13.3. The lowest BCUT2D eigenvalue weighted by molar-refractivity contribution is -0.384. The van der Waals surface area contributed by atoms with Crippen LogP contribution in [0.15, 0.2) is 54.4 Å². The summed E-state index contributed by atoms with van der Waals surface area (Å²) >= 11 is 0. The summed E-state index contributed by atoms with van der Waals surface area (Å²) in [6, 6.07) is 12.3. The third kappa shape index (κ3) is 2.87. The number of pyridine rings is 1. The fourth-order valence-electron chi connectivity index (χ4n) is 3.84. The second kappa shape index (κ2) is 7.12. The minimum atomic E-state index is -1.87. The third-order valence-corrected chi connectivity index (χ3v) is 5.16. The number of nitro groups is 1. The highest BCUT2D eigenvalue weighted by Crippen LogP contribution is 2.51. The van der Waals surface area contributed by atoms with Crippen LogP contribution in [-0.4, -0.2) is 27.0 Å². The van der Waals surface area contributed by atoms with Crippen LogP contribution in [0.25, 0.3) is 5.57 Å². The molecule has 3 unspecified atom stereocenters. The molecule has 0 saturated carbocycles. The number of non-ortho nitro benzene ring substituents is 1. The van der Waals surface area contributed by atoms with Gasteiger partial charge in [0.05, 0.1) is 22.7 Å². The Hall–Kier alpha value is -3.73. The van der Waals surface area contributed by atoms with Gasteiger partial charge in [-0.15, -0.1) is 0 Å². The van der Waals surface area contributed by atoms with Crippen molar-refractivity contribution in [3.05, 3.63) is 75.7 Å². The molecule has 0 fully saturated rings. The molecular formula is C20H18N4O4. The van der Waals surface area contributed by atoms with E-state index in [1.807, 2.05) is 6.07 Å². The van der Waals surface area contributed by atoms with E-state index in [9.17, 15) is 25.3 Å². The number of carbonyl (C=O) groups is 1. The Labute approximate surface area is 161 Å². The fourth-order valence-corrected chi connectivity index (χ4v) is 3.84. The fraction of sp³-hybridized carbons (Fsp3) is 0.250. The molecule has 8 nitrogen and oxygen atoms in total. The summed E-state index contributed by atoms with van der Waals surface area (Å²) in [7, 11) is 0. The van der Waals surface area contributed by atoms with Gasteiger partial charge in [-0.2, -0.15) is 5.26 Å². The lowest BCUT2D eigenvalue weighted by Gasteiger charge is -2.43. The highest BCUT2D eigenvalue weighted by Gasteiger charge is 2.56. The number of carboxylic acids is 1. The predicted octanol–water partition coefficient (Wildman–Crippen LogP) is 3.09. The largest absolute Gasteiger partial charge is 0.480 e. The second-order valence-electron chi connectivity index (χ2n) is 6.69. The predicted molar refractivity (Wildman–Crippen MR) is 101 cm³/mol. The van der Waals surface area contributed by atoms with E-state index in [0.29, 0.717) is 22.5 Å². The number of nitrogens with one attached hydrogen (secondary N) is 1. The van der Waals surface area contributed by atoms with Crippen LogP contribution in [0.3, 0.4) is 0 Å². The summed E-state index contributed by atoms with van der Waals surface area (Å²) in [6.07, 6.45) is 1.58. The minimum absolute atomic E-state index is 0.168. The number of nitriles is 1. The van der Waals surface area contributed by atoms with E-state index in [0.717, 1.165) is 0 Å². The number of allylic oxidation sites excluding steroid dienone is 2. The van der Waals surface area contributed by atoms with Gasteiger partial charge in [-0.1, -0.05) is 18.2 Å². The van der Waals surface area contributed by atoms with Crippen LogP contribution < -0.4 is 5.32 Å². The van der Waals surface area contributed by atoms with Gasteiger partial charge >= 0.3 is 5.97 Å². The Kier molecular flexibility index (Phi) is 4.84. The Morgan fingerprint density at radius 2 is 2.11 bits per heavy atom. The minimum Gasteiger partial charge on any atom is -0.480 e. The quantitative estimate of drug-likeness (QED) is 0.617. The van der Waals surface area contributed by atoms with Crippen molar-refractivity contribution in [1.82, 2.24) is 10.3 Å².